The number of anilines is 1. The number of rotatable bonds is 5. The van der Waals surface area contributed by atoms with E-state index in [9.17, 15) is 14.4 Å². The Morgan fingerprint density at radius 1 is 0.950 bits per heavy atom. The molecule has 1 atom stereocenters. The van der Waals surface area contributed by atoms with Crippen LogP contribution in [0.1, 0.15) is 41.5 Å². The van der Waals surface area contributed by atoms with E-state index in [-0.39, 0.29) is 34.6 Å². The Labute approximate surface area is 116 Å². The molecular weight excluding hydrogens is 262 g/mol. The van der Waals surface area contributed by atoms with Crippen molar-refractivity contribution in [2.45, 2.75) is 20.8 Å². The highest BCUT2D eigenvalue weighted by molar-refractivity contribution is 5.98. The summed E-state index contributed by atoms with van der Waals surface area (Å²) in [5, 5.41) is 20.4. The molecule has 6 nitrogen and oxygen atoms in total. The summed E-state index contributed by atoms with van der Waals surface area (Å²) in [5.41, 5.74) is -0.199. The molecule has 0 spiro atoms. The van der Waals surface area contributed by atoms with Crippen LogP contribution in [-0.4, -0.2) is 28.1 Å². The van der Waals surface area contributed by atoms with Crippen molar-refractivity contribution in [1.82, 2.24) is 0 Å². The van der Waals surface area contributed by atoms with Gasteiger partial charge in [-0.15, -0.1) is 0 Å². The lowest BCUT2D eigenvalue weighted by molar-refractivity contribution is -0.120. The maximum absolute atomic E-state index is 11.9. The van der Waals surface area contributed by atoms with Crippen LogP contribution in [0.2, 0.25) is 0 Å². The number of nitrogens with one attached hydrogen (secondary N) is 1. The fourth-order valence-electron chi connectivity index (χ4n) is 1.51. The molecule has 0 radical (unpaired) electrons. The molecule has 3 N–H and O–H groups in total. The summed E-state index contributed by atoms with van der Waals surface area (Å²) in [7, 11) is 0. The molecule has 1 unspecified atom stereocenters. The average Bonchev–Trinajstić information content (AvgIpc) is 2.36. The number of amides is 1. The normalized spacial score (nSPS) is 12.0. The van der Waals surface area contributed by atoms with E-state index >= 15 is 0 Å². The number of hydrogen-bond donors (Lipinski definition) is 3. The number of carbonyl (C=O) groups is 3. The maximum atomic E-state index is 11.9. The van der Waals surface area contributed by atoms with Gasteiger partial charge >= 0.3 is 11.9 Å². The highest BCUT2D eigenvalue weighted by atomic mass is 16.4. The lowest BCUT2D eigenvalue weighted by Gasteiger charge is -2.15. The summed E-state index contributed by atoms with van der Waals surface area (Å²) in [5.74, 6) is -2.92. The van der Waals surface area contributed by atoms with Crippen LogP contribution in [0.5, 0.6) is 0 Å². The molecule has 1 amide bonds. The highest BCUT2D eigenvalue weighted by Crippen LogP contribution is 2.18. The molecule has 6 heteroatoms. The molecule has 0 saturated carbocycles. The smallest absolute Gasteiger partial charge is 0.335 e. The predicted molar refractivity (Wildman–Crippen MR) is 73.0 cm³/mol. The molecule has 1 rings (SSSR count). The first kappa shape index (κ1) is 15.7. The van der Waals surface area contributed by atoms with E-state index in [2.05, 4.69) is 5.32 Å². The number of aromatic carboxylic acids is 2. The molecule has 0 aliphatic carbocycles. The third kappa shape index (κ3) is 3.81. The van der Waals surface area contributed by atoms with Crippen molar-refractivity contribution in [3.63, 3.8) is 0 Å². The van der Waals surface area contributed by atoms with Crippen molar-refractivity contribution in [1.29, 1.82) is 0 Å². The summed E-state index contributed by atoms with van der Waals surface area (Å²) in [6.45, 7) is 5.53. The first-order valence-corrected chi connectivity index (χ1v) is 6.15. The maximum Gasteiger partial charge on any atom is 0.335 e. The minimum atomic E-state index is -1.25. The summed E-state index contributed by atoms with van der Waals surface area (Å²) >= 11 is 0. The first-order chi connectivity index (χ1) is 9.22. The monoisotopic (exact) mass is 279 g/mol. The summed E-state index contributed by atoms with van der Waals surface area (Å²) in [4.78, 5) is 33.8. The van der Waals surface area contributed by atoms with Gasteiger partial charge in [0.25, 0.3) is 0 Å². The van der Waals surface area contributed by atoms with Crippen LogP contribution in [-0.2, 0) is 4.79 Å². The van der Waals surface area contributed by atoms with Gasteiger partial charge in [-0.3, -0.25) is 4.79 Å². The van der Waals surface area contributed by atoms with Gasteiger partial charge in [0, 0.05) is 11.6 Å². The lowest BCUT2D eigenvalue weighted by atomic mass is 9.97. The van der Waals surface area contributed by atoms with Crippen molar-refractivity contribution < 1.29 is 24.6 Å². The summed E-state index contributed by atoms with van der Waals surface area (Å²) < 4.78 is 0. The molecular formula is C14H17NO5. The predicted octanol–water partition coefficient (Wildman–Crippen LogP) is 2.31. The molecule has 20 heavy (non-hydrogen) atoms. The lowest BCUT2D eigenvalue weighted by Crippen LogP contribution is -2.24. The fourth-order valence-corrected chi connectivity index (χ4v) is 1.51. The quantitative estimate of drug-likeness (QED) is 0.767. The first-order valence-electron chi connectivity index (χ1n) is 6.15. The topological polar surface area (TPSA) is 104 Å². The van der Waals surface area contributed by atoms with Crippen LogP contribution < -0.4 is 5.32 Å². The summed E-state index contributed by atoms with van der Waals surface area (Å²) in [6, 6.07) is 3.52. The molecule has 0 aromatic heterocycles. The minimum Gasteiger partial charge on any atom is -0.478 e. The van der Waals surface area contributed by atoms with Crippen molar-refractivity contribution in [2.75, 3.05) is 5.32 Å². The van der Waals surface area contributed by atoms with E-state index in [1.807, 2.05) is 13.8 Å². The third-order valence-electron chi connectivity index (χ3n) is 3.11. The number of carbonyl (C=O) groups excluding carboxylic acids is 1. The largest absolute Gasteiger partial charge is 0.478 e. The van der Waals surface area contributed by atoms with Gasteiger partial charge in [0.1, 0.15) is 0 Å². The Balaban J connectivity index is 3.09. The Bertz CT molecular complexity index is 518. The zero-order chi connectivity index (χ0) is 15.4. The number of hydrogen-bond acceptors (Lipinski definition) is 3. The molecule has 0 aliphatic heterocycles. The summed E-state index contributed by atoms with van der Waals surface area (Å²) in [6.07, 6.45) is 0. The molecule has 1 aromatic rings. The minimum absolute atomic E-state index is 0.122. The van der Waals surface area contributed by atoms with Gasteiger partial charge in [0.2, 0.25) is 5.91 Å². The van der Waals surface area contributed by atoms with Crippen LogP contribution in [0.15, 0.2) is 18.2 Å². The number of benzene rings is 1. The number of carboxylic acid groups (broad SMARTS) is 2. The zero-order valence-electron chi connectivity index (χ0n) is 11.5. The van der Waals surface area contributed by atoms with E-state index in [1.165, 1.54) is 12.1 Å². The molecule has 0 aliphatic rings. The fraction of sp³-hybridized carbons (Fsp3) is 0.357. The molecule has 0 bridgehead atoms. The number of carboxylic acids is 2. The molecule has 108 valence electrons. The Hall–Kier alpha value is -2.37. The second-order valence-electron chi connectivity index (χ2n) is 4.93. The van der Waals surface area contributed by atoms with E-state index < -0.39 is 11.9 Å². The van der Waals surface area contributed by atoms with Crippen LogP contribution in [0, 0.1) is 11.8 Å². The van der Waals surface area contributed by atoms with Gasteiger partial charge in [-0.05, 0) is 24.1 Å². The Morgan fingerprint density at radius 3 is 1.75 bits per heavy atom. The van der Waals surface area contributed by atoms with E-state index in [4.69, 9.17) is 10.2 Å². The van der Waals surface area contributed by atoms with Gasteiger partial charge < -0.3 is 15.5 Å². The Kier molecular flexibility index (Phi) is 4.85. The van der Waals surface area contributed by atoms with Crippen molar-refractivity contribution >= 4 is 23.5 Å². The van der Waals surface area contributed by atoms with Crippen LogP contribution >= 0.6 is 0 Å². The zero-order valence-corrected chi connectivity index (χ0v) is 11.5. The van der Waals surface area contributed by atoms with Crippen molar-refractivity contribution in [3.05, 3.63) is 29.3 Å². The molecule has 0 fully saturated rings. The average molecular weight is 279 g/mol. The molecule has 0 heterocycles. The van der Waals surface area contributed by atoms with E-state index in [0.29, 0.717) is 0 Å². The van der Waals surface area contributed by atoms with Gasteiger partial charge in [-0.25, -0.2) is 9.59 Å². The van der Waals surface area contributed by atoms with Crippen molar-refractivity contribution in [3.8, 4) is 0 Å². The second kappa shape index (κ2) is 6.18. The van der Waals surface area contributed by atoms with Gasteiger partial charge in [0.15, 0.2) is 0 Å². The molecule has 0 saturated heterocycles. The van der Waals surface area contributed by atoms with E-state index in [1.54, 1.807) is 6.92 Å². The Morgan fingerprint density at radius 2 is 1.40 bits per heavy atom. The third-order valence-corrected chi connectivity index (χ3v) is 3.11. The van der Waals surface area contributed by atoms with Crippen LogP contribution in [0.25, 0.3) is 0 Å². The van der Waals surface area contributed by atoms with Crippen LogP contribution in [0.4, 0.5) is 5.69 Å². The van der Waals surface area contributed by atoms with Gasteiger partial charge in [-0.1, -0.05) is 20.8 Å². The highest BCUT2D eigenvalue weighted by Gasteiger charge is 2.18. The second-order valence-corrected chi connectivity index (χ2v) is 4.93. The molecule has 1 aromatic carbocycles. The van der Waals surface area contributed by atoms with Crippen molar-refractivity contribution in [2.24, 2.45) is 11.8 Å². The van der Waals surface area contributed by atoms with Gasteiger partial charge in [-0.2, -0.15) is 0 Å². The van der Waals surface area contributed by atoms with Crippen LogP contribution in [0.3, 0.4) is 0 Å². The van der Waals surface area contributed by atoms with Gasteiger partial charge in [0.05, 0.1) is 11.1 Å². The van der Waals surface area contributed by atoms with E-state index in [0.717, 1.165) is 6.07 Å². The standard InChI is InChI=1S/C14H17NO5/c1-7(2)8(3)12(16)15-11-5-9(13(17)18)4-10(6-11)14(19)20/h4-8H,1-3H3,(H,15,16)(H,17,18)(H,19,20). The SMILES string of the molecule is CC(C)C(C)C(=O)Nc1cc(C(=O)O)cc(C(=O)O)c1.